The van der Waals surface area contributed by atoms with Crippen molar-refractivity contribution in [1.29, 1.82) is 0 Å². The molecule has 27 heavy (non-hydrogen) atoms. The second-order valence-electron chi connectivity index (χ2n) is 4.39. The third kappa shape index (κ3) is 5.36. The minimum atomic E-state index is -6.55. The molecule has 1 aliphatic heterocycles. The van der Waals surface area contributed by atoms with Crippen molar-refractivity contribution < 1.29 is 57.8 Å². The number of halogens is 11. The molecule has 0 bridgehead atoms. The fourth-order valence-corrected chi connectivity index (χ4v) is 1.67. The lowest BCUT2D eigenvalue weighted by Gasteiger charge is -2.34. The van der Waals surface area contributed by atoms with Crippen LogP contribution in [-0.4, -0.2) is 42.9 Å². The van der Waals surface area contributed by atoms with Crippen molar-refractivity contribution in [3.05, 3.63) is 0 Å². The van der Waals surface area contributed by atoms with Gasteiger partial charge in [-0.1, -0.05) is 36.6 Å². The van der Waals surface area contributed by atoms with E-state index in [1.165, 1.54) is 0 Å². The van der Waals surface area contributed by atoms with E-state index < -0.39 is 42.2 Å². The van der Waals surface area contributed by atoms with Crippen molar-refractivity contribution in [2.45, 2.75) is 85.7 Å². The number of hydrogen-bond donors (Lipinski definition) is 0. The van der Waals surface area contributed by atoms with Gasteiger partial charge in [0.25, 0.3) is 5.85 Å². The lowest BCUT2D eigenvalue weighted by Crippen LogP contribution is -2.60. The van der Waals surface area contributed by atoms with E-state index in [-0.39, 0.29) is 36.6 Å². The summed E-state index contributed by atoms with van der Waals surface area (Å²) in [6.07, 6.45) is -14.7. The van der Waals surface area contributed by atoms with Crippen LogP contribution in [0.25, 0.3) is 0 Å². The molecule has 1 fully saturated rings. The summed E-state index contributed by atoms with van der Waals surface area (Å²) < 4.78 is 145. The summed E-state index contributed by atoms with van der Waals surface area (Å²) >= 11 is 0. The summed E-state index contributed by atoms with van der Waals surface area (Å²) in [5.41, 5.74) is 0. The van der Waals surface area contributed by atoms with E-state index in [1.807, 2.05) is 0 Å². The summed E-state index contributed by atoms with van der Waals surface area (Å²) in [5.74, 6) is -20.8. The van der Waals surface area contributed by atoms with Gasteiger partial charge in [0, 0.05) is 13.3 Å². The van der Waals surface area contributed by atoms with Crippen LogP contribution in [0.3, 0.4) is 0 Å². The molecule has 0 aromatic heterocycles. The number of hydrogen-bond acceptors (Lipinski definition) is 2. The average molecular weight is 436 g/mol. The minimum absolute atomic E-state index is 0. The van der Waals surface area contributed by atoms with Crippen molar-refractivity contribution >= 4 is 0 Å². The zero-order valence-electron chi connectivity index (χ0n) is 11.7. The van der Waals surface area contributed by atoms with Gasteiger partial charge in [0.05, 0.1) is 7.18 Å². The van der Waals surface area contributed by atoms with Gasteiger partial charge in [-0.3, -0.25) is 13.9 Å². The lowest BCUT2D eigenvalue weighted by molar-refractivity contribution is -0.463. The standard InChI is InChI=1S/C9H8F10O2.CH3F.4CH4/c1-3-5(11,12)6(13)4(2,10)20-7(21-6,8(14,15)16)9(17,18)19;1-2;;;;/h3H2,1-2H3;1H3;4*1H4. The highest BCUT2D eigenvalue weighted by atomic mass is 19.4. The molecular formula is C14H27F11O2. The first-order valence-corrected chi connectivity index (χ1v) is 5.64. The molecule has 0 aliphatic carbocycles. The van der Waals surface area contributed by atoms with Crippen LogP contribution in [0.4, 0.5) is 48.3 Å². The zero-order valence-corrected chi connectivity index (χ0v) is 11.7. The molecule has 13 heteroatoms. The van der Waals surface area contributed by atoms with Crippen molar-refractivity contribution in [3.63, 3.8) is 0 Å². The maximum atomic E-state index is 14.0. The van der Waals surface area contributed by atoms with Crippen LogP contribution in [0.2, 0.25) is 0 Å². The first-order chi connectivity index (χ1) is 9.97. The highest BCUT2D eigenvalue weighted by Crippen LogP contribution is 2.62. The smallest absolute Gasteiger partial charge is 0.293 e. The highest BCUT2D eigenvalue weighted by Gasteiger charge is 2.89. The Hall–Kier alpha value is -0.850. The predicted molar refractivity (Wildman–Crippen MR) is 79.6 cm³/mol. The van der Waals surface area contributed by atoms with Gasteiger partial charge in [0.15, 0.2) is 0 Å². The van der Waals surface area contributed by atoms with Crippen LogP contribution >= 0.6 is 0 Å². The van der Waals surface area contributed by atoms with Crippen LogP contribution < -0.4 is 0 Å². The Morgan fingerprint density at radius 3 is 1.19 bits per heavy atom. The van der Waals surface area contributed by atoms with Gasteiger partial charge in [-0.05, 0) is 0 Å². The molecule has 2 nitrogen and oxygen atoms in total. The molecule has 2 atom stereocenters. The van der Waals surface area contributed by atoms with Crippen molar-refractivity contribution in [2.24, 2.45) is 0 Å². The molecule has 1 heterocycles. The number of ether oxygens (including phenoxy) is 2. The molecule has 0 saturated carbocycles. The molecule has 0 spiro atoms. The summed E-state index contributed by atoms with van der Waals surface area (Å²) in [6.45, 7) is 0.178. The molecule has 1 rings (SSSR count). The average Bonchev–Trinajstić information content (AvgIpc) is 2.61. The van der Waals surface area contributed by atoms with E-state index in [0.29, 0.717) is 14.1 Å². The van der Waals surface area contributed by atoms with Gasteiger partial charge in [-0.15, -0.1) is 0 Å². The summed E-state index contributed by atoms with van der Waals surface area (Å²) in [6, 6.07) is 0. The van der Waals surface area contributed by atoms with Gasteiger partial charge in [-0.2, -0.15) is 30.7 Å². The Morgan fingerprint density at radius 2 is 1.00 bits per heavy atom. The van der Waals surface area contributed by atoms with E-state index in [4.69, 9.17) is 0 Å². The molecule has 0 aromatic carbocycles. The van der Waals surface area contributed by atoms with Gasteiger partial charge >= 0.3 is 29.9 Å². The van der Waals surface area contributed by atoms with Crippen LogP contribution in [-0.2, 0) is 9.47 Å². The number of alkyl halides is 11. The first kappa shape index (κ1) is 37.0. The molecule has 0 N–H and O–H groups in total. The quantitative estimate of drug-likeness (QED) is 0.421. The minimum Gasteiger partial charge on any atom is -0.293 e. The SMILES string of the molecule is C.C.C.C.CCC(F)(F)C1(F)OC(C(F)(F)F)(C(F)(F)F)OC1(C)F.CF. The fourth-order valence-electron chi connectivity index (χ4n) is 1.67. The van der Waals surface area contributed by atoms with Crippen LogP contribution in [0.1, 0.15) is 50.0 Å². The van der Waals surface area contributed by atoms with Crippen molar-refractivity contribution in [2.75, 3.05) is 7.18 Å². The molecule has 1 aliphatic rings. The molecule has 0 aromatic rings. The molecule has 0 radical (unpaired) electrons. The monoisotopic (exact) mass is 436 g/mol. The van der Waals surface area contributed by atoms with Crippen molar-refractivity contribution in [3.8, 4) is 0 Å². The Labute approximate surface area is 152 Å². The number of rotatable bonds is 2. The van der Waals surface area contributed by atoms with Gasteiger partial charge in [0.2, 0.25) is 0 Å². The van der Waals surface area contributed by atoms with E-state index in [9.17, 15) is 48.3 Å². The maximum Gasteiger partial charge on any atom is 0.453 e. The fraction of sp³-hybridized carbons (Fsp3) is 1.00. The first-order valence-electron chi connectivity index (χ1n) is 5.64. The third-order valence-electron chi connectivity index (χ3n) is 2.85. The van der Waals surface area contributed by atoms with Gasteiger partial charge in [0.1, 0.15) is 0 Å². The second-order valence-corrected chi connectivity index (χ2v) is 4.39. The highest BCUT2D eigenvalue weighted by molar-refractivity contribution is 5.06. The normalized spacial score (nSPS) is 26.9. The summed E-state index contributed by atoms with van der Waals surface area (Å²) in [5, 5.41) is 0. The van der Waals surface area contributed by atoms with E-state index in [1.54, 1.807) is 0 Å². The Balaban J connectivity index is -0.000000260. The largest absolute Gasteiger partial charge is 0.453 e. The van der Waals surface area contributed by atoms with Crippen LogP contribution in [0.15, 0.2) is 0 Å². The molecule has 172 valence electrons. The van der Waals surface area contributed by atoms with E-state index >= 15 is 0 Å². The van der Waals surface area contributed by atoms with Gasteiger partial charge in [-0.25, -0.2) is 13.2 Å². The third-order valence-corrected chi connectivity index (χ3v) is 2.85. The molecule has 2 unspecified atom stereocenters. The van der Waals surface area contributed by atoms with E-state index in [2.05, 4.69) is 9.47 Å². The van der Waals surface area contributed by atoms with Crippen LogP contribution in [0, 0.1) is 0 Å². The lowest BCUT2D eigenvalue weighted by atomic mass is 10.0. The molecule has 0 amide bonds. The Morgan fingerprint density at radius 1 is 0.704 bits per heavy atom. The summed E-state index contributed by atoms with van der Waals surface area (Å²) in [4.78, 5) is 0. The topological polar surface area (TPSA) is 18.5 Å². The maximum absolute atomic E-state index is 14.0. The van der Waals surface area contributed by atoms with Crippen molar-refractivity contribution in [1.82, 2.24) is 0 Å². The van der Waals surface area contributed by atoms with E-state index in [0.717, 1.165) is 0 Å². The van der Waals surface area contributed by atoms with Crippen LogP contribution in [0.5, 0.6) is 0 Å². The van der Waals surface area contributed by atoms with Gasteiger partial charge < -0.3 is 0 Å². The second kappa shape index (κ2) is 10.1. The Bertz CT molecular complexity index is 404. The predicted octanol–water partition coefficient (Wildman–Crippen LogP) is 7.38. The summed E-state index contributed by atoms with van der Waals surface area (Å²) in [7, 11) is 0.500. The molecular weight excluding hydrogens is 409 g/mol. The molecule has 1 saturated heterocycles. The zero-order chi connectivity index (χ0) is 19.1. The Kier molecular flexibility index (Phi) is 13.8.